The van der Waals surface area contributed by atoms with Crippen molar-refractivity contribution in [2.45, 2.75) is 33.1 Å². The van der Waals surface area contributed by atoms with Gasteiger partial charge in [-0.1, -0.05) is 37.1 Å². The summed E-state index contributed by atoms with van der Waals surface area (Å²) in [5, 5.41) is 0.0829. The van der Waals surface area contributed by atoms with Crippen LogP contribution in [-0.4, -0.2) is 5.78 Å². The predicted molar refractivity (Wildman–Crippen MR) is 68.8 cm³/mol. The monoisotopic (exact) mass is 254 g/mol. The minimum absolute atomic E-state index is 0.00502. The predicted octanol–water partition coefficient (Wildman–Crippen LogP) is 4.34. The average molecular weight is 255 g/mol. The molecule has 0 N–H and O–H groups in total. The molecule has 1 aromatic carbocycles. The van der Waals surface area contributed by atoms with Crippen LogP contribution in [0.2, 0.25) is 5.02 Å². The van der Waals surface area contributed by atoms with Gasteiger partial charge in [-0.05, 0) is 36.6 Å². The summed E-state index contributed by atoms with van der Waals surface area (Å²) in [6.07, 6.45) is 3.62. The maximum atomic E-state index is 13.2. The summed E-state index contributed by atoms with van der Waals surface area (Å²) in [6.45, 7) is 4.04. The number of halogens is 2. The first-order chi connectivity index (χ1) is 8.06. The van der Waals surface area contributed by atoms with Crippen LogP contribution in [0.3, 0.4) is 0 Å². The van der Waals surface area contributed by atoms with Gasteiger partial charge in [-0.25, -0.2) is 4.39 Å². The van der Waals surface area contributed by atoms with E-state index in [1.165, 1.54) is 12.1 Å². The van der Waals surface area contributed by atoms with Crippen LogP contribution < -0.4 is 0 Å². The Kier molecular flexibility index (Phi) is 5.36. The molecular formula is C14H16ClFO. The first-order valence-electron chi connectivity index (χ1n) is 5.73. The summed E-state index contributed by atoms with van der Waals surface area (Å²) in [7, 11) is 0. The second-order valence-corrected chi connectivity index (χ2v) is 4.31. The quantitative estimate of drug-likeness (QED) is 0.715. The molecule has 0 fully saturated rings. The van der Waals surface area contributed by atoms with Gasteiger partial charge in [-0.15, -0.1) is 0 Å². The summed E-state index contributed by atoms with van der Waals surface area (Å²) in [6, 6.07) is 4.46. The van der Waals surface area contributed by atoms with Crippen molar-refractivity contribution >= 4 is 17.4 Å². The standard InChI is InChI=1S/C14H16ClFO/c1-3-10(4-2)7-12(17)8-11-5-6-13(15)14(16)9-11/h5-7,9H,3-4,8H2,1-2H3. The number of ketones is 1. The molecule has 0 bridgehead atoms. The van der Waals surface area contributed by atoms with Crippen molar-refractivity contribution in [2.75, 3.05) is 0 Å². The molecule has 0 saturated carbocycles. The Hall–Kier alpha value is -1.15. The molecule has 0 aromatic heterocycles. The topological polar surface area (TPSA) is 17.1 Å². The number of benzene rings is 1. The van der Waals surface area contributed by atoms with Gasteiger partial charge < -0.3 is 0 Å². The van der Waals surface area contributed by atoms with Gasteiger partial charge in [0.2, 0.25) is 0 Å². The summed E-state index contributed by atoms with van der Waals surface area (Å²) >= 11 is 5.57. The zero-order chi connectivity index (χ0) is 12.8. The molecule has 0 atom stereocenters. The van der Waals surface area contributed by atoms with Crippen LogP contribution in [0.4, 0.5) is 4.39 Å². The van der Waals surface area contributed by atoms with E-state index < -0.39 is 5.82 Å². The van der Waals surface area contributed by atoms with Gasteiger partial charge in [0, 0.05) is 6.42 Å². The first-order valence-corrected chi connectivity index (χ1v) is 6.10. The van der Waals surface area contributed by atoms with Crippen LogP contribution in [0.15, 0.2) is 29.8 Å². The van der Waals surface area contributed by atoms with E-state index in [4.69, 9.17) is 11.6 Å². The van der Waals surface area contributed by atoms with E-state index in [9.17, 15) is 9.18 Å². The van der Waals surface area contributed by atoms with E-state index in [-0.39, 0.29) is 17.2 Å². The molecule has 17 heavy (non-hydrogen) atoms. The molecule has 0 amide bonds. The lowest BCUT2D eigenvalue weighted by molar-refractivity contribution is -0.114. The lowest BCUT2D eigenvalue weighted by atomic mass is 10.0. The van der Waals surface area contributed by atoms with Crippen LogP contribution in [-0.2, 0) is 11.2 Å². The Bertz CT molecular complexity index is 432. The number of hydrogen-bond acceptors (Lipinski definition) is 1. The third-order valence-electron chi connectivity index (χ3n) is 2.64. The van der Waals surface area contributed by atoms with Crippen molar-refractivity contribution in [3.63, 3.8) is 0 Å². The Morgan fingerprint density at radius 3 is 2.53 bits per heavy atom. The molecule has 0 aliphatic heterocycles. The van der Waals surface area contributed by atoms with Crippen molar-refractivity contribution in [1.29, 1.82) is 0 Å². The van der Waals surface area contributed by atoms with Crippen molar-refractivity contribution in [2.24, 2.45) is 0 Å². The van der Waals surface area contributed by atoms with Gasteiger partial charge >= 0.3 is 0 Å². The number of allylic oxidation sites excluding steroid dienone is 2. The van der Waals surface area contributed by atoms with Crippen LogP contribution in [0, 0.1) is 5.82 Å². The highest BCUT2D eigenvalue weighted by Gasteiger charge is 2.05. The highest BCUT2D eigenvalue weighted by molar-refractivity contribution is 6.30. The maximum Gasteiger partial charge on any atom is 0.160 e. The minimum atomic E-state index is -0.479. The van der Waals surface area contributed by atoms with E-state index in [0.29, 0.717) is 5.56 Å². The Morgan fingerprint density at radius 2 is 2.00 bits per heavy atom. The zero-order valence-corrected chi connectivity index (χ0v) is 10.9. The van der Waals surface area contributed by atoms with Gasteiger partial charge in [0.1, 0.15) is 5.82 Å². The molecule has 0 heterocycles. The fourth-order valence-corrected chi connectivity index (χ4v) is 1.70. The van der Waals surface area contributed by atoms with E-state index in [2.05, 4.69) is 0 Å². The Labute approximate surface area is 106 Å². The van der Waals surface area contributed by atoms with Gasteiger partial charge in [-0.2, -0.15) is 0 Å². The van der Waals surface area contributed by atoms with Crippen molar-refractivity contribution in [3.05, 3.63) is 46.3 Å². The molecule has 1 aromatic rings. The lowest BCUT2D eigenvalue weighted by Crippen LogP contribution is -2.00. The molecular weight excluding hydrogens is 239 g/mol. The van der Waals surface area contributed by atoms with E-state index in [1.807, 2.05) is 13.8 Å². The number of hydrogen-bond donors (Lipinski definition) is 0. The first kappa shape index (κ1) is 13.9. The summed E-state index contributed by atoms with van der Waals surface area (Å²) in [5.41, 5.74) is 1.77. The fourth-order valence-electron chi connectivity index (χ4n) is 1.58. The Balaban J connectivity index is 2.74. The molecule has 0 unspecified atom stereocenters. The van der Waals surface area contributed by atoms with Crippen LogP contribution in [0.25, 0.3) is 0 Å². The molecule has 0 aliphatic carbocycles. The SMILES string of the molecule is CCC(=CC(=O)Cc1ccc(Cl)c(F)c1)CC. The molecule has 3 heteroatoms. The van der Waals surface area contributed by atoms with Gasteiger partial charge in [-0.3, -0.25) is 4.79 Å². The van der Waals surface area contributed by atoms with Crippen molar-refractivity contribution in [3.8, 4) is 0 Å². The van der Waals surface area contributed by atoms with Crippen LogP contribution >= 0.6 is 11.6 Å². The number of carbonyl (C=O) groups excluding carboxylic acids is 1. The highest BCUT2D eigenvalue weighted by Crippen LogP contribution is 2.16. The molecule has 1 nitrogen and oxygen atoms in total. The molecule has 0 radical (unpaired) electrons. The van der Waals surface area contributed by atoms with Crippen LogP contribution in [0.5, 0.6) is 0 Å². The maximum absolute atomic E-state index is 13.2. The van der Waals surface area contributed by atoms with Crippen LogP contribution in [0.1, 0.15) is 32.3 Å². The molecule has 92 valence electrons. The summed E-state index contributed by atoms with van der Waals surface area (Å²) < 4.78 is 13.2. The second kappa shape index (κ2) is 6.55. The van der Waals surface area contributed by atoms with E-state index in [1.54, 1.807) is 12.1 Å². The third-order valence-corrected chi connectivity index (χ3v) is 2.94. The van der Waals surface area contributed by atoms with Gasteiger partial charge in [0.15, 0.2) is 5.78 Å². The lowest BCUT2D eigenvalue weighted by Gasteiger charge is -2.02. The summed E-state index contributed by atoms with van der Waals surface area (Å²) in [5.74, 6) is -0.474. The molecule has 0 saturated heterocycles. The smallest absolute Gasteiger partial charge is 0.160 e. The van der Waals surface area contributed by atoms with E-state index in [0.717, 1.165) is 18.4 Å². The zero-order valence-electron chi connectivity index (χ0n) is 10.1. The van der Waals surface area contributed by atoms with Crippen molar-refractivity contribution in [1.82, 2.24) is 0 Å². The number of carbonyl (C=O) groups is 1. The minimum Gasteiger partial charge on any atom is -0.294 e. The average Bonchev–Trinajstić information content (AvgIpc) is 2.31. The largest absolute Gasteiger partial charge is 0.294 e. The van der Waals surface area contributed by atoms with E-state index >= 15 is 0 Å². The van der Waals surface area contributed by atoms with Gasteiger partial charge in [0.05, 0.1) is 5.02 Å². The molecule has 0 aliphatic rings. The summed E-state index contributed by atoms with van der Waals surface area (Å²) in [4.78, 5) is 11.7. The normalized spacial score (nSPS) is 10.1. The van der Waals surface area contributed by atoms with Crippen molar-refractivity contribution < 1.29 is 9.18 Å². The van der Waals surface area contributed by atoms with Gasteiger partial charge in [0.25, 0.3) is 0 Å². The molecule has 1 rings (SSSR count). The third kappa shape index (κ3) is 4.31. The molecule has 0 spiro atoms. The number of rotatable bonds is 5. The Morgan fingerprint density at radius 1 is 1.35 bits per heavy atom. The second-order valence-electron chi connectivity index (χ2n) is 3.90. The fraction of sp³-hybridized carbons (Fsp3) is 0.357. The highest BCUT2D eigenvalue weighted by atomic mass is 35.5.